The summed E-state index contributed by atoms with van der Waals surface area (Å²) in [5.41, 5.74) is 0. The molecule has 0 fully saturated rings. The summed E-state index contributed by atoms with van der Waals surface area (Å²) in [7, 11) is -1.33. The fourth-order valence-corrected chi connectivity index (χ4v) is 0.516. The Kier molecular flexibility index (Phi) is 4.23. The topological polar surface area (TPSA) is 40.5 Å². The average molecular weight is 179 g/mol. The zero-order valence-electron chi connectivity index (χ0n) is 4.63. The van der Waals surface area contributed by atoms with Crippen LogP contribution in [0.2, 0.25) is 0 Å². The molecule has 0 bridgehead atoms. The molecule has 0 aromatic rings. The second-order valence-electron chi connectivity index (χ2n) is 1.38. The predicted molar refractivity (Wildman–Crippen MR) is 37.5 cm³/mol. The largest absolute Gasteiger partial charge is 0.481 e. The van der Waals surface area contributed by atoms with Crippen molar-refractivity contribution >= 4 is 23.0 Å². The van der Waals surface area contributed by atoms with Crippen LogP contribution in [0.25, 0.3) is 0 Å². The second kappa shape index (κ2) is 4.12. The smallest absolute Gasteiger partial charge is 0.424 e. The number of allylic oxidation sites excluding steroid dienone is 1. The van der Waals surface area contributed by atoms with Gasteiger partial charge < -0.3 is 10.0 Å². The second-order valence-corrected chi connectivity index (χ2v) is 2.40. The maximum atomic E-state index is 8.30. The van der Waals surface area contributed by atoms with Crippen LogP contribution in [0.1, 0.15) is 13.3 Å². The summed E-state index contributed by atoms with van der Waals surface area (Å²) in [4.78, 5) is 0. The van der Waals surface area contributed by atoms with Crippen molar-refractivity contribution in [3.05, 3.63) is 10.5 Å². The molecule has 0 atom stereocenters. The van der Waals surface area contributed by atoms with Gasteiger partial charge in [-0.1, -0.05) is 22.9 Å². The fourth-order valence-electron chi connectivity index (χ4n) is 0.280. The van der Waals surface area contributed by atoms with Gasteiger partial charge in [-0.25, -0.2) is 0 Å². The maximum Gasteiger partial charge on any atom is 0.481 e. The first-order chi connectivity index (χ1) is 3.66. The van der Waals surface area contributed by atoms with E-state index in [2.05, 4.69) is 15.9 Å². The summed E-state index contributed by atoms with van der Waals surface area (Å²) in [5, 5.41) is 16.6. The molecule has 4 heteroatoms. The van der Waals surface area contributed by atoms with Crippen LogP contribution in [0.3, 0.4) is 0 Å². The zero-order valence-corrected chi connectivity index (χ0v) is 6.22. The number of rotatable bonds is 2. The fraction of sp³-hybridized carbons (Fsp3) is 0.500. The SMILES string of the molecule is CC/C(Br)=C/B(O)O. The van der Waals surface area contributed by atoms with Crippen LogP contribution < -0.4 is 0 Å². The number of hydrogen-bond acceptors (Lipinski definition) is 2. The third-order valence-corrected chi connectivity index (χ3v) is 1.49. The van der Waals surface area contributed by atoms with E-state index in [0.717, 1.165) is 10.9 Å². The van der Waals surface area contributed by atoms with Gasteiger partial charge in [0.25, 0.3) is 0 Å². The van der Waals surface area contributed by atoms with Gasteiger partial charge in [-0.05, 0) is 16.9 Å². The zero-order chi connectivity index (χ0) is 6.57. The Balaban J connectivity index is 3.56. The van der Waals surface area contributed by atoms with Gasteiger partial charge in [0.1, 0.15) is 0 Å². The van der Waals surface area contributed by atoms with Crippen LogP contribution in [-0.2, 0) is 0 Å². The molecule has 0 aromatic carbocycles. The highest BCUT2D eigenvalue weighted by Gasteiger charge is 2.00. The van der Waals surface area contributed by atoms with Gasteiger partial charge in [0.2, 0.25) is 0 Å². The van der Waals surface area contributed by atoms with Crippen molar-refractivity contribution in [2.75, 3.05) is 0 Å². The molecule has 0 aliphatic heterocycles. The molecular weight excluding hydrogens is 171 g/mol. The van der Waals surface area contributed by atoms with Gasteiger partial charge in [0.15, 0.2) is 0 Å². The van der Waals surface area contributed by atoms with Crippen LogP contribution in [0.15, 0.2) is 10.5 Å². The van der Waals surface area contributed by atoms with Crippen LogP contribution in [0.5, 0.6) is 0 Å². The molecule has 2 N–H and O–H groups in total. The van der Waals surface area contributed by atoms with Crippen LogP contribution in [0, 0.1) is 0 Å². The Morgan fingerprint density at radius 2 is 2.25 bits per heavy atom. The van der Waals surface area contributed by atoms with Crippen LogP contribution in [0.4, 0.5) is 0 Å². The van der Waals surface area contributed by atoms with Crippen molar-refractivity contribution in [2.45, 2.75) is 13.3 Å². The summed E-state index contributed by atoms with van der Waals surface area (Å²) in [6.07, 6.45) is 0.789. The van der Waals surface area contributed by atoms with E-state index in [-0.39, 0.29) is 0 Å². The minimum absolute atomic E-state index is 0.789. The molecule has 0 saturated heterocycles. The Hall–Kier alpha value is 0.205. The molecule has 0 spiro atoms. The van der Waals surface area contributed by atoms with E-state index in [1.54, 1.807) is 0 Å². The number of hydrogen-bond donors (Lipinski definition) is 2. The molecule has 46 valence electrons. The summed E-state index contributed by atoms with van der Waals surface area (Å²) in [6, 6.07) is 0. The Morgan fingerprint density at radius 1 is 1.75 bits per heavy atom. The van der Waals surface area contributed by atoms with E-state index in [1.165, 1.54) is 5.98 Å². The molecule has 0 heterocycles. The minimum atomic E-state index is -1.33. The van der Waals surface area contributed by atoms with E-state index in [0.29, 0.717) is 0 Å². The van der Waals surface area contributed by atoms with Crippen molar-refractivity contribution in [3.63, 3.8) is 0 Å². The highest BCUT2D eigenvalue weighted by atomic mass is 79.9. The Bertz CT molecular complexity index is 92.0. The van der Waals surface area contributed by atoms with Gasteiger partial charge in [0.05, 0.1) is 0 Å². The minimum Gasteiger partial charge on any atom is -0.424 e. The lowest BCUT2D eigenvalue weighted by Gasteiger charge is -1.89. The molecule has 0 aliphatic rings. The first-order valence-electron chi connectivity index (χ1n) is 2.39. The summed E-state index contributed by atoms with van der Waals surface area (Å²) in [5.74, 6) is 1.33. The molecule has 0 rings (SSSR count). The molecule has 8 heavy (non-hydrogen) atoms. The molecule has 0 aliphatic carbocycles. The first kappa shape index (κ1) is 8.20. The Morgan fingerprint density at radius 3 is 2.38 bits per heavy atom. The summed E-state index contributed by atoms with van der Waals surface area (Å²) < 4.78 is 0.813. The van der Waals surface area contributed by atoms with Gasteiger partial charge in [-0.3, -0.25) is 0 Å². The molecule has 0 amide bonds. The van der Waals surface area contributed by atoms with Gasteiger partial charge in [-0.15, -0.1) is 0 Å². The van der Waals surface area contributed by atoms with Crippen molar-refractivity contribution in [1.82, 2.24) is 0 Å². The lowest BCUT2D eigenvalue weighted by atomic mass is 9.91. The van der Waals surface area contributed by atoms with E-state index >= 15 is 0 Å². The highest BCUT2D eigenvalue weighted by molar-refractivity contribution is 9.11. The monoisotopic (exact) mass is 178 g/mol. The van der Waals surface area contributed by atoms with Gasteiger partial charge in [0, 0.05) is 0 Å². The molecule has 0 aromatic heterocycles. The van der Waals surface area contributed by atoms with Gasteiger partial charge >= 0.3 is 7.12 Å². The quantitative estimate of drug-likeness (QED) is 0.612. The predicted octanol–water partition coefficient (Wildman–Crippen LogP) is 0.687. The van der Waals surface area contributed by atoms with E-state index in [1.807, 2.05) is 6.92 Å². The highest BCUT2D eigenvalue weighted by Crippen LogP contribution is 2.07. The maximum absolute atomic E-state index is 8.30. The van der Waals surface area contributed by atoms with Crippen molar-refractivity contribution in [1.29, 1.82) is 0 Å². The van der Waals surface area contributed by atoms with E-state index in [4.69, 9.17) is 10.0 Å². The van der Waals surface area contributed by atoms with E-state index in [9.17, 15) is 0 Å². The summed E-state index contributed by atoms with van der Waals surface area (Å²) in [6.45, 7) is 1.92. The van der Waals surface area contributed by atoms with Crippen molar-refractivity contribution in [3.8, 4) is 0 Å². The molecule has 2 nitrogen and oxygen atoms in total. The average Bonchev–Trinajstić information content (AvgIpc) is 1.65. The van der Waals surface area contributed by atoms with Crippen molar-refractivity contribution < 1.29 is 10.0 Å². The molecule has 0 unspecified atom stereocenters. The molecular formula is C4H8BBrO2. The van der Waals surface area contributed by atoms with Crippen LogP contribution in [-0.4, -0.2) is 17.2 Å². The number of halogens is 1. The standard InChI is InChI=1S/C4H8BBrO2/c1-2-4(6)3-5(7)8/h3,7-8H,2H2,1H3/b4-3-. The van der Waals surface area contributed by atoms with Crippen molar-refractivity contribution in [2.24, 2.45) is 0 Å². The summed E-state index contributed by atoms with van der Waals surface area (Å²) >= 11 is 3.12. The van der Waals surface area contributed by atoms with Crippen LogP contribution >= 0.6 is 15.9 Å². The first-order valence-corrected chi connectivity index (χ1v) is 3.18. The lowest BCUT2D eigenvalue weighted by molar-refractivity contribution is 0.424. The third kappa shape index (κ3) is 4.37. The third-order valence-electron chi connectivity index (χ3n) is 0.668. The molecule has 0 saturated carbocycles. The Labute approximate surface area is 57.5 Å². The van der Waals surface area contributed by atoms with Gasteiger partial charge in [-0.2, -0.15) is 0 Å². The van der Waals surface area contributed by atoms with E-state index < -0.39 is 7.12 Å². The lowest BCUT2D eigenvalue weighted by Crippen LogP contribution is -2.06. The molecule has 0 radical (unpaired) electrons. The normalized spacial score (nSPS) is 11.8.